The molecule has 1 amide bonds. The van der Waals surface area contributed by atoms with Crippen LogP contribution >= 0.6 is 0 Å². The van der Waals surface area contributed by atoms with E-state index in [0.717, 1.165) is 33.1 Å². The summed E-state index contributed by atoms with van der Waals surface area (Å²) in [5.74, 6) is 1.22. The van der Waals surface area contributed by atoms with Crippen molar-refractivity contribution in [2.24, 2.45) is 7.05 Å². The lowest BCUT2D eigenvalue weighted by Crippen LogP contribution is -2.42. The van der Waals surface area contributed by atoms with E-state index in [4.69, 9.17) is 14.5 Å². The van der Waals surface area contributed by atoms with Gasteiger partial charge in [0.1, 0.15) is 5.65 Å². The van der Waals surface area contributed by atoms with Gasteiger partial charge in [0.2, 0.25) is 0 Å². The predicted octanol–water partition coefficient (Wildman–Crippen LogP) is 5.67. The van der Waals surface area contributed by atoms with Gasteiger partial charge in [0.25, 0.3) is 5.91 Å². The van der Waals surface area contributed by atoms with Crippen LogP contribution in [0.15, 0.2) is 48.7 Å². The summed E-state index contributed by atoms with van der Waals surface area (Å²) in [7, 11) is 5.24. The van der Waals surface area contributed by atoms with Crippen LogP contribution in [0.2, 0.25) is 0 Å². The highest BCUT2D eigenvalue weighted by atomic mass is 16.5. The molecule has 4 aromatic rings. The molecule has 0 bridgehead atoms. The maximum Gasteiger partial charge on any atom is 0.256 e. The molecule has 6 nitrogen and oxygen atoms in total. The van der Waals surface area contributed by atoms with Crippen molar-refractivity contribution in [3.63, 3.8) is 0 Å². The number of hydrogen-bond acceptors (Lipinski definition) is 4. The number of aromatic nitrogens is 2. The molecule has 0 unspecified atom stereocenters. The molecule has 2 heterocycles. The quantitative estimate of drug-likeness (QED) is 0.384. The first kappa shape index (κ1) is 22.6. The maximum atomic E-state index is 13.9. The van der Waals surface area contributed by atoms with Crippen LogP contribution in [0.1, 0.15) is 38.1 Å². The molecule has 0 fully saturated rings. The van der Waals surface area contributed by atoms with Crippen LogP contribution in [0, 0.1) is 0 Å². The van der Waals surface area contributed by atoms with Gasteiger partial charge in [-0.1, -0.05) is 24.3 Å². The number of fused-ring (bicyclic) bond motifs is 3. The van der Waals surface area contributed by atoms with E-state index in [9.17, 15) is 4.79 Å². The van der Waals surface area contributed by atoms with E-state index in [0.29, 0.717) is 17.1 Å². The van der Waals surface area contributed by atoms with Crippen molar-refractivity contribution in [2.45, 2.75) is 39.8 Å². The van der Waals surface area contributed by atoms with E-state index in [1.807, 2.05) is 70.0 Å². The Morgan fingerprint density at radius 3 is 2.27 bits per heavy atom. The summed E-state index contributed by atoms with van der Waals surface area (Å²) < 4.78 is 13.1. The first-order valence-electron chi connectivity index (χ1n) is 11.2. The Hall–Kier alpha value is -3.54. The van der Waals surface area contributed by atoms with Crippen LogP contribution in [-0.2, 0) is 7.05 Å². The normalized spacial score (nSPS) is 11.5. The van der Waals surface area contributed by atoms with Crippen LogP contribution in [0.25, 0.3) is 33.1 Å². The van der Waals surface area contributed by atoms with Gasteiger partial charge in [-0.25, -0.2) is 4.98 Å². The Kier molecular flexibility index (Phi) is 6.02. The minimum atomic E-state index is -0.0351. The van der Waals surface area contributed by atoms with Crippen molar-refractivity contribution in [1.82, 2.24) is 14.5 Å². The molecule has 4 rings (SSSR count). The largest absolute Gasteiger partial charge is 0.493 e. The van der Waals surface area contributed by atoms with Gasteiger partial charge in [0.05, 0.1) is 25.3 Å². The van der Waals surface area contributed by atoms with Gasteiger partial charge < -0.3 is 18.9 Å². The molecule has 172 valence electrons. The number of amides is 1. The van der Waals surface area contributed by atoms with Crippen LogP contribution < -0.4 is 9.47 Å². The molecular weight excluding hydrogens is 414 g/mol. The third-order valence-electron chi connectivity index (χ3n) is 6.16. The number of carbonyl (C=O) groups excluding carboxylic acids is 1. The van der Waals surface area contributed by atoms with Gasteiger partial charge in [-0.2, -0.15) is 0 Å². The van der Waals surface area contributed by atoms with Crippen molar-refractivity contribution >= 4 is 27.8 Å². The third-order valence-corrected chi connectivity index (χ3v) is 6.16. The van der Waals surface area contributed by atoms with E-state index in [2.05, 4.69) is 16.7 Å². The highest BCUT2D eigenvalue weighted by Gasteiger charge is 2.28. The molecule has 2 aromatic heterocycles. The molecule has 0 aliphatic heterocycles. The minimum Gasteiger partial charge on any atom is -0.493 e. The lowest BCUT2D eigenvalue weighted by Gasteiger charge is -2.31. The maximum absolute atomic E-state index is 13.9. The summed E-state index contributed by atoms with van der Waals surface area (Å²) >= 11 is 0. The molecule has 0 aliphatic carbocycles. The van der Waals surface area contributed by atoms with Gasteiger partial charge in [-0.05, 0) is 51.5 Å². The fourth-order valence-electron chi connectivity index (χ4n) is 4.76. The van der Waals surface area contributed by atoms with Gasteiger partial charge >= 0.3 is 0 Å². The van der Waals surface area contributed by atoms with Crippen LogP contribution in [-0.4, -0.2) is 46.7 Å². The highest BCUT2D eigenvalue weighted by Crippen LogP contribution is 2.41. The number of benzene rings is 2. The zero-order chi connectivity index (χ0) is 23.9. The molecule has 0 saturated carbocycles. The number of ether oxygens (including phenoxy) is 2. The average Bonchev–Trinajstić information content (AvgIpc) is 3.09. The fourth-order valence-corrected chi connectivity index (χ4v) is 4.76. The van der Waals surface area contributed by atoms with E-state index < -0.39 is 0 Å². The van der Waals surface area contributed by atoms with Gasteiger partial charge in [0.15, 0.2) is 11.5 Å². The van der Waals surface area contributed by atoms with E-state index in [1.54, 1.807) is 20.4 Å². The van der Waals surface area contributed by atoms with Crippen LogP contribution in [0.3, 0.4) is 0 Å². The molecule has 0 radical (unpaired) electrons. The number of methoxy groups -OCH3 is 2. The molecule has 0 spiro atoms. The van der Waals surface area contributed by atoms with Crippen LogP contribution in [0.5, 0.6) is 11.5 Å². The highest BCUT2D eigenvalue weighted by molar-refractivity contribution is 6.18. The van der Waals surface area contributed by atoms with Gasteiger partial charge in [-0.3, -0.25) is 4.79 Å². The monoisotopic (exact) mass is 445 g/mol. The SMILES string of the molecule is COc1ccc(-c2c(C(=O)N(C(C)C)C(C)C)cnc3c2c2ccccc2n3C)cc1OC. The second kappa shape index (κ2) is 8.77. The lowest BCUT2D eigenvalue weighted by molar-refractivity contribution is 0.0644. The van der Waals surface area contributed by atoms with E-state index in [-0.39, 0.29) is 18.0 Å². The van der Waals surface area contributed by atoms with Gasteiger partial charge in [-0.15, -0.1) is 0 Å². The number of para-hydroxylation sites is 1. The standard InChI is InChI=1S/C27H31N3O3/c1-16(2)30(17(3)4)27(31)20-15-28-26-25(19-10-8-9-11-21(19)29(26)5)24(20)18-12-13-22(32-6)23(14-18)33-7/h8-17H,1-7H3. The Balaban J connectivity index is 2.12. The van der Waals surface area contributed by atoms with Crippen LogP contribution in [0.4, 0.5) is 0 Å². The molecular formula is C27H31N3O3. The smallest absolute Gasteiger partial charge is 0.256 e. The topological polar surface area (TPSA) is 56.6 Å². The number of rotatable bonds is 6. The number of hydrogen-bond donors (Lipinski definition) is 0. The minimum absolute atomic E-state index is 0.0351. The number of pyridine rings is 1. The molecule has 0 aliphatic rings. The number of aryl methyl sites for hydroxylation is 1. The summed E-state index contributed by atoms with van der Waals surface area (Å²) in [6.07, 6.45) is 1.72. The molecule has 2 aromatic carbocycles. The second-order valence-corrected chi connectivity index (χ2v) is 8.79. The Morgan fingerprint density at radius 1 is 0.970 bits per heavy atom. The van der Waals surface area contributed by atoms with E-state index >= 15 is 0 Å². The molecule has 0 saturated heterocycles. The van der Waals surface area contributed by atoms with E-state index in [1.165, 1.54) is 0 Å². The summed E-state index contributed by atoms with van der Waals surface area (Å²) in [5, 5.41) is 2.02. The van der Waals surface area contributed by atoms with Crippen molar-refractivity contribution < 1.29 is 14.3 Å². The second-order valence-electron chi connectivity index (χ2n) is 8.79. The summed E-state index contributed by atoms with van der Waals surface area (Å²) in [4.78, 5) is 20.6. The summed E-state index contributed by atoms with van der Waals surface area (Å²) in [6, 6.07) is 14.1. The summed E-state index contributed by atoms with van der Waals surface area (Å²) in [6.45, 7) is 8.16. The number of carbonyl (C=O) groups is 1. The number of nitrogens with zero attached hydrogens (tertiary/aromatic N) is 3. The average molecular weight is 446 g/mol. The van der Waals surface area contributed by atoms with Crippen molar-refractivity contribution in [3.8, 4) is 22.6 Å². The van der Waals surface area contributed by atoms with Crippen molar-refractivity contribution in [2.75, 3.05) is 14.2 Å². The fraction of sp³-hybridized carbons (Fsp3) is 0.333. The third kappa shape index (κ3) is 3.69. The first-order valence-corrected chi connectivity index (χ1v) is 11.2. The molecule has 0 atom stereocenters. The lowest BCUT2D eigenvalue weighted by atomic mass is 9.95. The van der Waals surface area contributed by atoms with Crippen molar-refractivity contribution in [3.05, 3.63) is 54.2 Å². The van der Waals surface area contributed by atoms with Crippen molar-refractivity contribution in [1.29, 1.82) is 0 Å². The zero-order valence-electron chi connectivity index (χ0n) is 20.3. The molecule has 0 N–H and O–H groups in total. The predicted molar refractivity (Wildman–Crippen MR) is 133 cm³/mol. The zero-order valence-corrected chi connectivity index (χ0v) is 20.3. The first-order chi connectivity index (χ1) is 15.8. The Bertz CT molecular complexity index is 1330. The summed E-state index contributed by atoms with van der Waals surface area (Å²) in [5.41, 5.74) is 4.21. The molecule has 6 heteroatoms. The van der Waals surface area contributed by atoms with Gasteiger partial charge in [0, 0.05) is 41.7 Å². The Labute approximate surface area is 194 Å². The Morgan fingerprint density at radius 2 is 1.64 bits per heavy atom. The molecule has 33 heavy (non-hydrogen) atoms.